The molecule has 0 bridgehead atoms. The summed E-state index contributed by atoms with van der Waals surface area (Å²) < 4.78 is 126. The summed E-state index contributed by atoms with van der Waals surface area (Å²) in [4.78, 5) is 14.2. The van der Waals surface area contributed by atoms with Crippen molar-refractivity contribution < 1.29 is 49.0 Å². The molecule has 3 aromatic rings. The number of carbonyl (C=O) groups is 1. The number of nitrogens with zero attached hydrogens (tertiary/aromatic N) is 1. The quantitative estimate of drug-likeness (QED) is 0.303. The Kier molecular flexibility index (Phi) is 8.30. The van der Waals surface area contributed by atoms with Crippen molar-refractivity contribution in [2.75, 3.05) is 4.90 Å². The molecule has 0 spiro atoms. The fraction of sp³-hybridized carbons (Fsp3) is 0.321. The van der Waals surface area contributed by atoms with Crippen LogP contribution in [0.2, 0.25) is 0 Å². The predicted octanol–water partition coefficient (Wildman–Crippen LogP) is 8.51. The normalized spacial score (nSPS) is 17.8. The van der Waals surface area contributed by atoms with Gasteiger partial charge in [-0.3, -0.25) is 4.90 Å². The zero-order valence-electron chi connectivity index (χ0n) is 21.3. The summed E-state index contributed by atoms with van der Waals surface area (Å²) in [5.41, 5.74) is -3.66. The molecule has 2 unspecified atom stereocenters. The molecule has 4 nitrogen and oxygen atoms in total. The van der Waals surface area contributed by atoms with Crippen molar-refractivity contribution in [3.63, 3.8) is 0 Å². The standard InChI is InChI=1S/C28H23F9N2O2/c1-16-9-23(38-14-18-10-20(27(32,33)34)12-21(11-18)28(35,36)37)22-13-19(26(29,30)31)7-8-24(22)39(16)25(40)41-15-17-5-3-2-4-6-17/h2-8,10-13,16,23,38H,9,14-15H2,1H3. The molecule has 0 saturated heterocycles. The summed E-state index contributed by atoms with van der Waals surface area (Å²) in [6, 6.07) is 10.9. The third kappa shape index (κ3) is 7.13. The van der Waals surface area contributed by atoms with Crippen LogP contribution < -0.4 is 10.2 Å². The number of hydrogen-bond acceptors (Lipinski definition) is 3. The van der Waals surface area contributed by atoms with Gasteiger partial charge in [-0.1, -0.05) is 30.3 Å². The maximum Gasteiger partial charge on any atom is 0.416 e. The lowest BCUT2D eigenvalue weighted by Gasteiger charge is -2.39. The summed E-state index contributed by atoms with van der Waals surface area (Å²) in [7, 11) is 0. The summed E-state index contributed by atoms with van der Waals surface area (Å²) in [5, 5.41) is 2.80. The second-order valence-corrected chi connectivity index (χ2v) is 9.61. The summed E-state index contributed by atoms with van der Waals surface area (Å²) in [6.07, 6.45) is -15.7. The maximum atomic E-state index is 13.6. The first-order valence-corrected chi connectivity index (χ1v) is 12.3. The number of alkyl halides is 9. The lowest BCUT2D eigenvalue weighted by Crippen LogP contribution is -2.45. The SMILES string of the molecule is CC1CC(NCc2cc(C(F)(F)F)cc(C(F)(F)F)c2)c2cc(C(F)(F)F)ccc2N1C(=O)OCc1ccccc1. The van der Waals surface area contributed by atoms with Gasteiger partial charge in [-0.2, -0.15) is 39.5 Å². The van der Waals surface area contributed by atoms with Crippen molar-refractivity contribution in [1.82, 2.24) is 5.32 Å². The molecular weight excluding hydrogens is 567 g/mol. The highest BCUT2D eigenvalue weighted by atomic mass is 19.4. The van der Waals surface area contributed by atoms with Crippen LogP contribution in [0.15, 0.2) is 66.7 Å². The molecular formula is C28H23F9N2O2. The van der Waals surface area contributed by atoms with Gasteiger partial charge in [0.15, 0.2) is 0 Å². The second-order valence-electron chi connectivity index (χ2n) is 9.61. The van der Waals surface area contributed by atoms with Crippen LogP contribution in [0.5, 0.6) is 0 Å². The van der Waals surface area contributed by atoms with Gasteiger partial charge in [-0.25, -0.2) is 4.79 Å². The Morgan fingerprint density at radius 3 is 1.95 bits per heavy atom. The van der Waals surface area contributed by atoms with E-state index in [0.29, 0.717) is 17.7 Å². The first kappa shape index (κ1) is 30.2. The fourth-order valence-electron chi connectivity index (χ4n) is 4.66. The molecule has 0 saturated carbocycles. The van der Waals surface area contributed by atoms with Crippen molar-refractivity contribution in [2.45, 2.75) is 57.1 Å². The molecule has 0 aliphatic carbocycles. The molecule has 1 aliphatic rings. The molecule has 4 rings (SSSR count). The Morgan fingerprint density at radius 1 is 0.805 bits per heavy atom. The molecule has 1 N–H and O–H groups in total. The predicted molar refractivity (Wildman–Crippen MR) is 131 cm³/mol. The van der Waals surface area contributed by atoms with Crippen LogP contribution in [-0.2, 0) is 36.4 Å². The van der Waals surface area contributed by atoms with Crippen LogP contribution in [0.1, 0.15) is 52.8 Å². The average molecular weight is 590 g/mol. The van der Waals surface area contributed by atoms with Crippen LogP contribution in [0.4, 0.5) is 50.0 Å². The van der Waals surface area contributed by atoms with Crippen molar-refractivity contribution >= 4 is 11.8 Å². The Morgan fingerprint density at radius 2 is 1.39 bits per heavy atom. The number of rotatable bonds is 5. The fourth-order valence-corrected chi connectivity index (χ4v) is 4.66. The van der Waals surface area contributed by atoms with Crippen LogP contribution in [0.3, 0.4) is 0 Å². The van der Waals surface area contributed by atoms with E-state index in [1.54, 1.807) is 37.3 Å². The summed E-state index contributed by atoms with van der Waals surface area (Å²) >= 11 is 0. The number of carbonyl (C=O) groups excluding carboxylic acids is 1. The van der Waals surface area contributed by atoms with E-state index in [0.717, 1.165) is 18.2 Å². The van der Waals surface area contributed by atoms with E-state index in [2.05, 4.69) is 5.32 Å². The van der Waals surface area contributed by atoms with Crippen molar-refractivity contribution in [2.24, 2.45) is 0 Å². The minimum absolute atomic E-state index is 0.000162. The van der Waals surface area contributed by atoms with Crippen LogP contribution in [-0.4, -0.2) is 12.1 Å². The van der Waals surface area contributed by atoms with Crippen molar-refractivity contribution in [1.29, 1.82) is 0 Å². The number of hydrogen-bond donors (Lipinski definition) is 1. The minimum Gasteiger partial charge on any atom is -0.444 e. The number of fused-ring (bicyclic) bond motifs is 1. The highest BCUT2D eigenvalue weighted by Gasteiger charge is 2.39. The molecule has 13 heteroatoms. The molecule has 0 radical (unpaired) electrons. The van der Waals surface area contributed by atoms with E-state index in [9.17, 15) is 44.3 Å². The molecule has 1 amide bonds. The average Bonchev–Trinajstić information content (AvgIpc) is 2.89. The summed E-state index contributed by atoms with van der Waals surface area (Å²) in [6.45, 7) is 0.987. The lowest BCUT2D eigenvalue weighted by molar-refractivity contribution is -0.143. The largest absolute Gasteiger partial charge is 0.444 e. The van der Waals surface area contributed by atoms with Gasteiger partial charge in [0.05, 0.1) is 22.4 Å². The van der Waals surface area contributed by atoms with Gasteiger partial charge in [-0.05, 0) is 66.4 Å². The Hall–Kier alpha value is -3.74. The van der Waals surface area contributed by atoms with Gasteiger partial charge in [0.1, 0.15) is 6.61 Å². The molecule has 3 aromatic carbocycles. The van der Waals surface area contributed by atoms with Gasteiger partial charge in [0.2, 0.25) is 0 Å². The van der Waals surface area contributed by atoms with E-state index in [4.69, 9.17) is 4.74 Å². The number of halogens is 9. The van der Waals surface area contributed by atoms with Gasteiger partial charge < -0.3 is 10.1 Å². The van der Waals surface area contributed by atoms with Crippen molar-refractivity contribution in [3.8, 4) is 0 Å². The zero-order chi connectivity index (χ0) is 30.2. The Bertz CT molecular complexity index is 1350. The van der Waals surface area contributed by atoms with Gasteiger partial charge in [0.25, 0.3) is 0 Å². The van der Waals surface area contributed by atoms with E-state index in [1.807, 2.05) is 0 Å². The van der Waals surface area contributed by atoms with Crippen LogP contribution >= 0.6 is 0 Å². The lowest BCUT2D eigenvalue weighted by atomic mass is 9.90. The molecule has 220 valence electrons. The zero-order valence-corrected chi connectivity index (χ0v) is 21.3. The van der Waals surface area contributed by atoms with E-state index in [1.165, 1.54) is 4.90 Å². The topological polar surface area (TPSA) is 41.6 Å². The molecule has 41 heavy (non-hydrogen) atoms. The third-order valence-electron chi connectivity index (χ3n) is 6.61. The minimum atomic E-state index is -5.05. The molecule has 1 aliphatic heterocycles. The Labute approximate surface area is 228 Å². The number of amides is 1. The van der Waals surface area contributed by atoms with E-state index in [-0.39, 0.29) is 35.9 Å². The number of benzene rings is 3. The monoisotopic (exact) mass is 590 g/mol. The first-order chi connectivity index (χ1) is 19.0. The number of ether oxygens (including phenoxy) is 1. The van der Waals surface area contributed by atoms with E-state index < -0.39 is 59.9 Å². The number of nitrogens with one attached hydrogen (secondary N) is 1. The molecule has 1 heterocycles. The van der Waals surface area contributed by atoms with Gasteiger partial charge in [-0.15, -0.1) is 0 Å². The highest BCUT2D eigenvalue weighted by molar-refractivity contribution is 5.90. The molecule has 0 fully saturated rings. The maximum absolute atomic E-state index is 13.6. The number of anilines is 1. The highest BCUT2D eigenvalue weighted by Crippen LogP contribution is 2.42. The summed E-state index contributed by atoms with van der Waals surface area (Å²) in [5.74, 6) is 0. The smallest absolute Gasteiger partial charge is 0.416 e. The molecule has 2 atom stereocenters. The van der Waals surface area contributed by atoms with Crippen LogP contribution in [0.25, 0.3) is 0 Å². The van der Waals surface area contributed by atoms with Crippen molar-refractivity contribution in [3.05, 3.63) is 100 Å². The third-order valence-corrected chi connectivity index (χ3v) is 6.61. The Balaban J connectivity index is 1.64. The van der Waals surface area contributed by atoms with Gasteiger partial charge in [0, 0.05) is 18.6 Å². The second kappa shape index (κ2) is 11.3. The first-order valence-electron chi connectivity index (χ1n) is 12.3. The molecule has 0 aromatic heterocycles. The van der Waals surface area contributed by atoms with E-state index >= 15 is 0 Å². The van der Waals surface area contributed by atoms with Crippen LogP contribution in [0, 0.1) is 0 Å². The van der Waals surface area contributed by atoms with Gasteiger partial charge >= 0.3 is 24.6 Å².